The van der Waals surface area contributed by atoms with Crippen LogP contribution in [0.2, 0.25) is 0 Å². The zero-order valence-electron chi connectivity index (χ0n) is 17.6. The summed E-state index contributed by atoms with van der Waals surface area (Å²) in [5.74, 6) is 1.41. The van der Waals surface area contributed by atoms with Crippen LogP contribution in [0.5, 0.6) is 0 Å². The van der Waals surface area contributed by atoms with Crippen molar-refractivity contribution in [1.82, 2.24) is 0 Å². The molecule has 0 heterocycles. The molecule has 1 fully saturated rings. The van der Waals surface area contributed by atoms with E-state index in [0.29, 0.717) is 18.1 Å². The summed E-state index contributed by atoms with van der Waals surface area (Å²) in [6.45, 7) is 9.71. The first-order chi connectivity index (χ1) is 12.5. The maximum Gasteiger partial charge on any atom is 0.155 e. The topological polar surface area (TPSA) is 51.2 Å². The Balaban J connectivity index is 1.86. The Hall–Kier alpha value is -1.16. The third kappa shape index (κ3) is 5.91. The average Bonchev–Trinajstić information content (AvgIpc) is 2.61. The van der Waals surface area contributed by atoms with Crippen molar-refractivity contribution in [2.45, 2.75) is 83.8 Å². The van der Waals surface area contributed by atoms with E-state index in [1.54, 1.807) is 20.8 Å². The van der Waals surface area contributed by atoms with Gasteiger partial charge in [0.25, 0.3) is 0 Å². The lowest BCUT2D eigenvalue weighted by Gasteiger charge is -2.30. The van der Waals surface area contributed by atoms with Crippen molar-refractivity contribution in [1.29, 1.82) is 0 Å². The Labute approximate surface area is 165 Å². The normalized spacial score (nSPS) is 22.4. The van der Waals surface area contributed by atoms with Crippen molar-refractivity contribution < 1.29 is 13.2 Å². The summed E-state index contributed by atoms with van der Waals surface area (Å²) < 4.78 is 24.1. The van der Waals surface area contributed by atoms with Gasteiger partial charge in [-0.1, -0.05) is 38.1 Å². The van der Waals surface area contributed by atoms with E-state index in [2.05, 4.69) is 38.1 Å². The van der Waals surface area contributed by atoms with E-state index >= 15 is 0 Å². The minimum Gasteiger partial charge on any atom is -0.299 e. The molecule has 1 unspecified atom stereocenters. The lowest BCUT2D eigenvalue weighted by Crippen LogP contribution is -2.35. The van der Waals surface area contributed by atoms with E-state index in [-0.39, 0.29) is 17.6 Å². The predicted molar refractivity (Wildman–Crippen MR) is 113 cm³/mol. The summed E-state index contributed by atoms with van der Waals surface area (Å²) >= 11 is 0. The average molecular weight is 393 g/mol. The first kappa shape index (κ1) is 22.1. The molecule has 1 atom stereocenters. The molecule has 0 saturated heterocycles. The van der Waals surface area contributed by atoms with Crippen LogP contribution in [-0.2, 0) is 21.1 Å². The number of hydrogen-bond acceptors (Lipinski definition) is 3. The molecule has 1 aromatic carbocycles. The highest BCUT2D eigenvalue weighted by molar-refractivity contribution is 7.92. The van der Waals surface area contributed by atoms with Gasteiger partial charge in [0, 0.05) is 12.3 Å². The van der Waals surface area contributed by atoms with Gasteiger partial charge >= 0.3 is 0 Å². The summed E-state index contributed by atoms with van der Waals surface area (Å²) in [7, 11) is -3.08. The number of benzene rings is 1. The van der Waals surface area contributed by atoms with Crippen molar-refractivity contribution in [2.75, 3.05) is 5.75 Å². The Bertz CT molecular complexity index is 718. The van der Waals surface area contributed by atoms with Crippen LogP contribution < -0.4 is 0 Å². The minimum atomic E-state index is -3.08. The molecule has 0 N–H and O–H groups in total. The molecule has 0 aliphatic heterocycles. The second-order valence-corrected chi connectivity index (χ2v) is 12.1. The molecule has 152 valence electrons. The Kier molecular flexibility index (Phi) is 7.29. The Morgan fingerprint density at radius 3 is 2.11 bits per heavy atom. The molecule has 4 heteroatoms. The molecule has 0 spiro atoms. The largest absolute Gasteiger partial charge is 0.299 e. The van der Waals surface area contributed by atoms with Gasteiger partial charge in [0.15, 0.2) is 9.84 Å². The molecule has 0 amide bonds. The van der Waals surface area contributed by atoms with Crippen LogP contribution in [0.15, 0.2) is 24.3 Å². The van der Waals surface area contributed by atoms with E-state index in [0.717, 1.165) is 37.7 Å². The van der Waals surface area contributed by atoms with Gasteiger partial charge in [0.05, 0.1) is 10.5 Å². The van der Waals surface area contributed by atoms with E-state index in [1.165, 1.54) is 5.56 Å². The molecule has 1 aromatic rings. The molecule has 1 saturated carbocycles. The highest BCUT2D eigenvalue weighted by atomic mass is 32.2. The van der Waals surface area contributed by atoms with Crippen molar-refractivity contribution in [3.8, 4) is 0 Å². The van der Waals surface area contributed by atoms with Gasteiger partial charge in [-0.2, -0.15) is 0 Å². The SMILES string of the molecule is CCC(C)c1ccc(CC(=O)C2CCC(CS(=O)(=O)C(C)(C)C)CC2)cc1. The van der Waals surface area contributed by atoms with Crippen molar-refractivity contribution in [3.05, 3.63) is 35.4 Å². The van der Waals surface area contributed by atoms with Crippen LogP contribution in [0.1, 0.15) is 83.8 Å². The third-order valence-electron chi connectivity index (χ3n) is 6.23. The fourth-order valence-corrected chi connectivity index (χ4v) is 5.21. The van der Waals surface area contributed by atoms with Gasteiger partial charge in [-0.05, 0) is 75.8 Å². The van der Waals surface area contributed by atoms with Crippen molar-refractivity contribution >= 4 is 15.6 Å². The number of ketones is 1. The summed E-state index contributed by atoms with van der Waals surface area (Å²) in [5.41, 5.74) is 2.42. The van der Waals surface area contributed by atoms with E-state index in [4.69, 9.17) is 0 Å². The molecule has 0 radical (unpaired) electrons. The molecule has 2 rings (SSSR count). The van der Waals surface area contributed by atoms with Crippen LogP contribution in [0.4, 0.5) is 0 Å². The van der Waals surface area contributed by atoms with Gasteiger partial charge in [-0.3, -0.25) is 4.79 Å². The molecule has 0 bridgehead atoms. The fraction of sp³-hybridized carbons (Fsp3) is 0.696. The fourth-order valence-electron chi connectivity index (χ4n) is 3.76. The Morgan fingerprint density at radius 2 is 1.63 bits per heavy atom. The van der Waals surface area contributed by atoms with Crippen molar-refractivity contribution in [2.24, 2.45) is 11.8 Å². The monoisotopic (exact) mass is 392 g/mol. The summed E-state index contributed by atoms with van der Waals surface area (Å²) in [6, 6.07) is 8.46. The first-order valence-electron chi connectivity index (χ1n) is 10.4. The number of rotatable bonds is 7. The van der Waals surface area contributed by atoms with Crippen LogP contribution >= 0.6 is 0 Å². The van der Waals surface area contributed by atoms with E-state index < -0.39 is 14.6 Å². The van der Waals surface area contributed by atoms with Crippen LogP contribution in [0, 0.1) is 11.8 Å². The quantitative estimate of drug-likeness (QED) is 0.630. The zero-order chi connectivity index (χ0) is 20.2. The van der Waals surface area contributed by atoms with Crippen molar-refractivity contribution in [3.63, 3.8) is 0 Å². The highest BCUT2D eigenvalue weighted by Gasteiger charge is 2.34. The number of hydrogen-bond donors (Lipinski definition) is 0. The Morgan fingerprint density at radius 1 is 1.07 bits per heavy atom. The van der Waals surface area contributed by atoms with Gasteiger partial charge in [-0.25, -0.2) is 8.42 Å². The van der Waals surface area contributed by atoms with Gasteiger partial charge < -0.3 is 0 Å². The van der Waals surface area contributed by atoms with Crippen LogP contribution in [0.3, 0.4) is 0 Å². The van der Waals surface area contributed by atoms with E-state index in [9.17, 15) is 13.2 Å². The zero-order valence-corrected chi connectivity index (χ0v) is 18.4. The number of Topliss-reactive ketones (excluding diaryl/α,β-unsaturated/α-hetero) is 1. The number of carbonyl (C=O) groups excluding carboxylic acids is 1. The molecular formula is C23H36O3S. The number of sulfone groups is 1. The predicted octanol–water partition coefficient (Wildman–Crippen LogP) is 5.33. The van der Waals surface area contributed by atoms with Crippen LogP contribution in [0.25, 0.3) is 0 Å². The standard InChI is InChI=1S/C23H36O3S/c1-6-17(2)20-11-7-18(8-12-20)15-22(24)21-13-9-19(10-14-21)16-27(25,26)23(3,4)5/h7-8,11-12,17,19,21H,6,9-10,13-16H2,1-5H3. The molecular weight excluding hydrogens is 356 g/mol. The lowest BCUT2D eigenvalue weighted by molar-refractivity contribution is -0.123. The highest BCUT2D eigenvalue weighted by Crippen LogP contribution is 2.33. The maximum absolute atomic E-state index is 12.7. The smallest absolute Gasteiger partial charge is 0.155 e. The molecule has 27 heavy (non-hydrogen) atoms. The minimum absolute atomic E-state index is 0.0906. The maximum atomic E-state index is 12.7. The second-order valence-electron chi connectivity index (χ2n) is 9.31. The van der Waals surface area contributed by atoms with E-state index in [1.807, 2.05) is 0 Å². The molecule has 1 aliphatic carbocycles. The van der Waals surface area contributed by atoms with Gasteiger partial charge in [0.2, 0.25) is 0 Å². The van der Waals surface area contributed by atoms with Crippen LogP contribution in [-0.4, -0.2) is 24.7 Å². The first-order valence-corrected chi connectivity index (χ1v) is 12.0. The second kappa shape index (κ2) is 8.89. The molecule has 0 aromatic heterocycles. The third-order valence-corrected chi connectivity index (χ3v) is 9.01. The summed E-state index contributed by atoms with van der Waals surface area (Å²) in [6.07, 6.45) is 4.96. The summed E-state index contributed by atoms with van der Waals surface area (Å²) in [5, 5.41) is 0. The lowest BCUT2D eigenvalue weighted by atomic mass is 9.79. The number of carbonyl (C=O) groups is 1. The summed E-state index contributed by atoms with van der Waals surface area (Å²) in [4.78, 5) is 12.7. The molecule has 1 aliphatic rings. The van der Waals surface area contributed by atoms with Gasteiger partial charge in [0.1, 0.15) is 5.78 Å². The molecule has 3 nitrogen and oxygen atoms in total. The van der Waals surface area contributed by atoms with Gasteiger partial charge in [-0.15, -0.1) is 0 Å².